The van der Waals surface area contributed by atoms with Crippen LogP contribution in [-0.4, -0.2) is 15.9 Å². The minimum atomic E-state index is -0.535. The van der Waals surface area contributed by atoms with E-state index in [1.807, 2.05) is 0 Å². The first-order valence-corrected chi connectivity index (χ1v) is 6.70. The maximum atomic E-state index is 13.6. The maximum Gasteiger partial charge on any atom is 0.274 e. The number of amides is 1. The van der Waals surface area contributed by atoms with Crippen molar-refractivity contribution in [3.8, 4) is 0 Å². The third-order valence-corrected chi connectivity index (χ3v) is 3.38. The van der Waals surface area contributed by atoms with Crippen molar-refractivity contribution < 1.29 is 9.18 Å². The number of carbonyl (C=O) groups is 1. The Morgan fingerprint density at radius 2 is 2.10 bits per heavy atom. The minimum Gasteiger partial charge on any atom is -0.389 e. The molecule has 0 spiro atoms. The van der Waals surface area contributed by atoms with Gasteiger partial charge in [0.2, 0.25) is 0 Å². The van der Waals surface area contributed by atoms with Gasteiger partial charge in [-0.1, -0.05) is 18.3 Å². The summed E-state index contributed by atoms with van der Waals surface area (Å²) in [6, 6.07) is 7.47. The zero-order valence-electron chi connectivity index (χ0n) is 10.1. The number of hydrogen-bond donors (Lipinski definition) is 2. The fourth-order valence-corrected chi connectivity index (χ4v) is 2.03. The number of rotatable bonds is 3. The first-order chi connectivity index (χ1) is 9.49. The van der Waals surface area contributed by atoms with Crippen LogP contribution >= 0.6 is 28.1 Å². The summed E-state index contributed by atoms with van der Waals surface area (Å²) in [6.07, 6.45) is 1.40. The number of anilines is 1. The highest BCUT2D eigenvalue weighted by atomic mass is 79.9. The van der Waals surface area contributed by atoms with Gasteiger partial charge in [0, 0.05) is 16.2 Å². The molecular formula is C13H9BrFN3OS. The van der Waals surface area contributed by atoms with E-state index in [4.69, 9.17) is 18.0 Å². The van der Waals surface area contributed by atoms with Crippen molar-refractivity contribution in [2.24, 2.45) is 5.73 Å². The Hall–Kier alpha value is -1.86. The molecule has 1 heterocycles. The molecule has 3 N–H and O–H groups in total. The minimum absolute atomic E-state index is 0.0673. The van der Waals surface area contributed by atoms with Gasteiger partial charge in [-0.15, -0.1) is 0 Å². The molecule has 0 saturated heterocycles. The van der Waals surface area contributed by atoms with Gasteiger partial charge in [0.25, 0.3) is 5.91 Å². The SMILES string of the molecule is NC(=S)c1ccc(C(=O)Nc2c(F)cccc2Br)nc1. The highest BCUT2D eigenvalue weighted by Crippen LogP contribution is 2.25. The zero-order valence-corrected chi connectivity index (χ0v) is 12.5. The molecule has 7 heteroatoms. The second-order valence-electron chi connectivity index (χ2n) is 3.85. The van der Waals surface area contributed by atoms with E-state index in [2.05, 4.69) is 26.2 Å². The first kappa shape index (κ1) is 14.5. The fraction of sp³-hybridized carbons (Fsp3) is 0. The summed E-state index contributed by atoms with van der Waals surface area (Å²) in [6.45, 7) is 0. The van der Waals surface area contributed by atoms with Crippen molar-refractivity contribution in [3.05, 3.63) is 58.1 Å². The van der Waals surface area contributed by atoms with E-state index in [9.17, 15) is 9.18 Å². The van der Waals surface area contributed by atoms with Crippen LogP contribution in [0.5, 0.6) is 0 Å². The number of thiocarbonyl (C=S) groups is 1. The van der Waals surface area contributed by atoms with E-state index in [1.54, 1.807) is 12.1 Å². The molecule has 2 aromatic rings. The monoisotopic (exact) mass is 353 g/mol. The topological polar surface area (TPSA) is 68.0 Å². The number of nitrogens with zero attached hydrogens (tertiary/aromatic N) is 1. The lowest BCUT2D eigenvalue weighted by atomic mass is 10.2. The lowest BCUT2D eigenvalue weighted by Gasteiger charge is -2.08. The Morgan fingerprint density at radius 3 is 2.65 bits per heavy atom. The van der Waals surface area contributed by atoms with Crippen LogP contribution in [-0.2, 0) is 0 Å². The van der Waals surface area contributed by atoms with Gasteiger partial charge in [-0.25, -0.2) is 4.39 Å². The summed E-state index contributed by atoms with van der Waals surface area (Å²) in [5.41, 5.74) is 6.20. The molecule has 0 bridgehead atoms. The van der Waals surface area contributed by atoms with Gasteiger partial charge in [0.1, 0.15) is 16.5 Å². The summed E-state index contributed by atoms with van der Waals surface area (Å²) in [5.74, 6) is -1.06. The standard InChI is InChI=1S/C13H9BrFN3OS/c14-8-2-1-3-9(15)11(8)18-13(19)10-5-4-7(6-17-10)12(16)20/h1-6H,(H2,16,20)(H,18,19). The van der Waals surface area contributed by atoms with Crippen molar-refractivity contribution in [2.75, 3.05) is 5.32 Å². The van der Waals surface area contributed by atoms with E-state index < -0.39 is 11.7 Å². The Balaban J connectivity index is 2.22. The Bertz CT molecular complexity index is 656. The number of aromatic nitrogens is 1. The number of halogens is 2. The second-order valence-corrected chi connectivity index (χ2v) is 5.14. The lowest BCUT2D eigenvalue weighted by Crippen LogP contribution is -2.16. The quantitative estimate of drug-likeness (QED) is 0.832. The van der Waals surface area contributed by atoms with Crippen molar-refractivity contribution in [3.63, 3.8) is 0 Å². The Kier molecular flexibility index (Phi) is 4.41. The van der Waals surface area contributed by atoms with Crippen LogP contribution in [0.2, 0.25) is 0 Å². The molecule has 4 nitrogen and oxygen atoms in total. The molecule has 0 fully saturated rings. The highest BCUT2D eigenvalue weighted by molar-refractivity contribution is 9.10. The second kappa shape index (κ2) is 6.06. The highest BCUT2D eigenvalue weighted by Gasteiger charge is 2.13. The molecule has 0 aliphatic rings. The molecule has 2 rings (SSSR count). The molecule has 1 aromatic carbocycles. The van der Waals surface area contributed by atoms with Crippen molar-refractivity contribution in [1.82, 2.24) is 4.98 Å². The molecule has 0 aliphatic carbocycles. The number of pyridine rings is 1. The largest absolute Gasteiger partial charge is 0.389 e. The van der Waals surface area contributed by atoms with E-state index in [0.717, 1.165) is 0 Å². The van der Waals surface area contributed by atoms with Crippen LogP contribution in [0.3, 0.4) is 0 Å². The molecule has 0 atom stereocenters. The van der Waals surface area contributed by atoms with Gasteiger partial charge in [0.15, 0.2) is 0 Å². The van der Waals surface area contributed by atoms with Crippen molar-refractivity contribution in [2.45, 2.75) is 0 Å². The van der Waals surface area contributed by atoms with Crippen LogP contribution in [0.4, 0.5) is 10.1 Å². The van der Waals surface area contributed by atoms with E-state index >= 15 is 0 Å². The number of benzene rings is 1. The fourth-order valence-electron chi connectivity index (χ4n) is 1.47. The normalized spacial score (nSPS) is 10.1. The van der Waals surface area contributed by atoms with Crippen molar-refractivity contribution >= 4 is 44.7 Å². The van der Waals surface area contributed by atoms with Crippen molar-refractivity contribution in [1.29, 1.82) is 0 Å². The average molecular weight is 354 g/mol. The molecule has 0 aliphatic heterocycles. The first-order valence-electron chi connectivity index (χ1n) is 5.50. The number of para-hydroxylation sites is 1. The summed E-state index contributed by atoms with van der Waals surface area (Å²) in [4.78, 5) is 16.1. The predicted molar refractivity (Wildman–Crippen MR) is 82.2 cm³/mol. The molecule has 20 heavy (non-hydrogen) atoms. The Morgan fingerprint density at radius 1 is 1.35 bits per heavy atom. The lowest BCUT2D eigenvalue weighted by molar-refractivity contribution is 0.102. The number of nitrogens with one attached hydrogen (secondary N) is 1. The van der Waals surface area contributed by atoms with E-state index in [-0.39, 0.29) is 16.4 Å². The van der Waals surface area contributed by atoms with Gasteiger partial charge in [-0.2, -0.15) is 0 Å². The zero-order chi connectivity index (χ0) is 14.7. The Labute approximate surface area is 128 Å². The van der Waals surface area contributed by atoms with Gasteiger partial charge >= 0.3 is 0 Å². The van der Waals surface area contributed by atoms with Gasteiger partial charge in [-0.3, -0.25) is 9.78 Å². The number of nitrogens with two attached hydrogens (primary N) is 1. The van der Waals surface area contributed by atoms with Crippen LogP contribution in [0.25, 0.3) is 0 Å². The molecule has 102 valence electrons. The molecule has 0 unspecified atom stereocenters. The summed E-state index contributed by atoms with van der Waals surface area (Å²) in [5, 5.41) is 2.46. The van der Waals surface area contributed by atoms with E-state index in [1.165, 1.54) is 24.4 Å². The predicted octanol–water partition coefficient (Wildman–Crippen LogP) is 2.87. The molecular weight excluding hydrogens is 345 g/mol. The third kappa shape index (κ3) is 3.17. The third-order valence-electron chi connectivity index (χ3n) is 2.48. The van der Waals surface area contributed by atoms with E-state index in [0.29, 0.717) is 10.0 Å². The smallest absolute Gasteiger partial charge is 0.274 e. The van der Waals surface area contributed by atoms with Crippen LogP contribution in [0.1, 0.15) is 16.1 Å². The van der Waals surface area contributed by atoms with Crippen LogP contribution < -0.4 is 11.1 Å². The van der Waals surface area contributed by atoms with Crippen LogP contribution in [0, 0.1) is 5.82 Å². The molecule has 1 aromatic heterocycles. The van der Waals surface area contributed by atoms with Crippen LogP contribution in [0.15, 0.2) is 41.0 Å². The summed E-state index contributed by atoms with van der Waals surface area (Å²) < 4.78 is 14.0. The summed E-state index contributed by atoms with van der Waals surface area (Å²) >= 11 is 7.96. The number of hydrogen-bond acceptors (Lipinski definition) is 3. The van der Waals surface area contributed by atoms with Gasteiger partial charge in [0.05, 0.1) is 5.69 Å². The number of carbonyl (C=O) groups excluding carboxylic acids is 1. The van der Waals surface area contributed by atoms with Gasteiger partial charge < -0.3 is 11.1 Å². The van der Waals surface area contributed by atoms with Gasteiger partial charge in [-0.05, 0) is 40.2 Å². The molecule has 1 amide bonds. The average Bonchev–Trinajstić information content (AvgIpc) is 2.43. The molecule has 0 radical (unpaired) electrons. The summed E-state index contributed by atoms with van der Waals surface area (Å²) in [7, 11) is 0. The maximum absolute atomic E-state index is 13.6. The molecule has 0 saturated carbocycles.